The molecule has 0 radical (unpaired) electrons. The van der Waals surface area contributed by atoms with Crippen molar-refractivity contribution in [3.05, 3.63) is 33.9 Å². The van der Waals surface area contributed by atoms with Gasteiger partial charge in [-0.3, -0.25) is 10.1 Å². The Morgan fingerprint density at radius 2 is 2.19 bits per heavy atom. The van der Waals surface area contributed by atoms with Crippen LogP contribution >= 0.6 is 0 Å². The van der Waals surface area contributed by atoms with E-state index in [2.05, 4.69) is 5.32 Å². The lowest BCUT2D eigenvalue weighted by atomic mass is 9.86. The fraction of sp³-hybridized carbons (Fsp3) is 0.571. The van der Waals surface area contributed by atoms with Gasteiger partial charge < -0.3 is 20.3 Å². The molecule has 0 fully saturated rings. The fourth-order valence-corrected chi connectivity index (χ4v) is 2.46. The van der Waals surface area contributed by atoms with Gasteiger partial charge in [0.25, 0.3) is 5.69 Å². The molecule has 2 atom stereocenters. The summed E-state index contributed by atoms with van der Waals surface area (Å²) < 4.78 is 5.74. The van der Waals surface area contributed by atoms with Crippen molar-refractivity contribution >= 4 is 5.69 Å². The molecule has 0 spiro atoms. The first-order chi connectivity index (χ1) is 9.86. The molecule has 0 saturated heterocycles. The van der Waals surface area contributed by atoms with Gasteiger partial charge in [0.15, 0.2) is 0 Å². The molecule has 2 rings (SSSR count). The van der Waals surface area contributed by atoms with Crippen molar-refractivity contribution in [2.24, 2.45) is 0 Å². The van der Waals surface area contributed by atoms with Gasteiger partial charge in [0.2, 0.25) is 0 Å². The molecule has 0 saturated carbocycles. The van der Waals surface area contributed by atoms with Crippen molar-refractivity contribution in [3.8, 4) is 5.75 Å². The SMILES string of the molecule is CC1(C)Oc2ccc([N+](=O)[O-])cc2[C@@H](NCCCO)[C@@H]1O. The molecule has 1 heterocycles. The van der Waals surface area contributed by atoms with Crippen molar-refractivity contribution in [1.29, 1.82) is 0 Å². The summed E-state index contributed by atoms with van der Waals surface area (Å²) in [7, 11) is 0. The number of aliphatic hydroxyl groups excluding tert-OH is 2. The molecule has 7 heteroatoms. The predicted octanol–water partition coefficient (Wildman–Crippen LogP) is 1.14. The summed E-state index contributed by atoms with van der Waals surface area (Å²) in [5.74, 6) is 0.525. The van der Waals surface area contributed by atoms with Crippen molar-refractivity contribution in [2.45, 2.75) is 38.0 Å². The lowest BCUT2D eigenvalue weighted by Gasteiger charge is -2.42. The summed E-state index contributed by atoms with van der Waals surface area (Å²) in [6, 6.07) is 3.89. The summed E-state index contributed by atoms with van der Waals surface area (Å²) in [5.41, 5.74) is -0.285. The van der Waals surface area contributed by atoms with Gasteiger partial charge in [-0.2, -0.15) is 0 Å². The Morgan fingerprint density at radius 3 is 2.81 bits per heavy atom. The van der Waals surface area contributed by atoms with Crippen LogP contribution in [-0.2, 0) is 0 Å². The van der Waals surface area contributed by atoms with Gasteiger partial charge in [0.05, 0.1) is 11.0 Å². The molecule has 0 bridgehead atoms. The number of nitrogens with one attached hydrogen (secondary N) is 1. The number of nitrogens with zero attached hydrogens (tertiary/aromatic N) is 1. The minimum absolute atomic E-state index is 0.0392. The minimum Gasteiger partial charge on any atom is -0.485 e. The van der Waals surface area contributed by atoms with Gasteiger partial charge in [-0.05, 0) is 32.9 Å². The number of non-ortho nitro benzene ring substituents is 1. The predicted molar refractivity (Wildman–Crippen MR) is 76.3 cm³/mol. The number of hydrogen-bond donors (Lipinski definition) is 3. The van der Waals surface area contributed by atoms with Crippen LogP contribution < -0.4 is 10.1 Å². The van der Waals surface area contributed by atoms with Crippen LogP contribution in [0.15, 0.2) is 18.2 Å². The molecule has 21 heavy (non-hydrogen) atoms. The molecular formula is C14H20N2O5. The van der Waals surface area contributed by atoms with E-state index in [1.54, 1.807) is 19.9 Å². The number of hydrogen-bond acceptors (Lipinski definition) is 6. The number of benzene rings is 1. The maximum absolute atomic E-state index is 10.9. The zero-order valence-corrected chi connectivity index (χ0v) is 12.1. The summed E-state index contributed by atoms with van der Waals surface area (Å²) in [6.45, 7) is 4.07. The summed E-state index contributed by atoms with van der Waals surface area (Å²) in [4.78, 5) is 10.4. The summed E-state index contributed by atoms with van der Waals surface area (Å²) >= 11 is 0. The molecule has 1 aromatic carbocycles. The first-order valence-corrected chi connectivity index (χ1v) is 6.86. The normalized spacial score (nSPS) is 23.2. The van der Waals surface area contributed by atoms with Crippen LogP contribution in [0.5, 0.6) is 5.75 Å². The van der Waals surface area contributed by atoms with Crippen LogP contribution in [0.25, 0.3) is 0 Å². The van der Waals surface area contributed by atoms with E-state index in [1.165, 1.54) is 12.1 Å². The molecule has 1 aliphatic heterocycles. The van der Waals surface area contributed by atoms with E-state index in [0.717, 1.165) is 0 Å². The summed E-state index contributed by atoms with van der Waals surface area (Å²) in [6.07, 6.45) is -0.319. The zero-order valence-electron chi connectivity index (χ0n) is 12.1. The van der Waals surface area contributed by atoms with Crippen molar-refractivity contribution in [1.82, 2.24) is 5.32 Å². The Kier molecular flexibility index (Phi) is 4.46. The number of rotatable bonds is 5. The van der Waals surface area contributed by atoms with Crippen LogP contribution in [-0.4, -0.2) is 40.0 Å². The van der Waals surface area contributed by atoms with E-state index in [-0.39, 0.29) is 12.3 Å². The largest absolute Gasteiger partial charge is 0.485 e. The van der Waals surface area contributed by atoms with Crippen LogP contribution in [0.2, 0.25) is 0 Å². The third kappa shape index (κ3) is 3.15. The van der Waals surface area contributed by atoms with Gasteiger partial charge >= 0.3 is 0 Å². The molecule has 1 aliphatic rings. The van der Waals surface area contributed by atoms with E-state index < -0.39 is 22.7 Å². The van der Waals surface area contributed by atoms with Crippen LogP contribution in [0, 0.1) is 10.1 Å². The van der Waals surface area contributed by atoms with E-state index >= 15 is 0 Å². The zero-order chi connectivity index (χ0) is 15.6. The number of fused-ring (bicyclic) bond motifs is 1. The highest BCUT2D eigenvalue weighted by atomic mass is 16.6. The molecule has 0 amide bonds. The molecule has 0 unspecified atom stereocenters. The van der Waals surface area contributed by atoms with Gasteiger partial charge in [-0.1, -0.05) is 0 Å². The molecule has 1 aromatic rings. The first kappa shape index (κ1) is 15.7. The Bertz CT molecular complexity index is 532. The third-order valence-electron chi connectivity index (χ3n) is 3.64. The maximum Gasteiger partial charge on any atom is 0.270 e. The number of nitro benzene ring substituents is 1. The molecule has 7 nitrogen and oxygen atoms in total. The Morgan fingerprint density at radius 1 is 1.48 bits per heavy atom. The van der Waals surface area contributed by atoms with Crippen molar-refractivity contribution < 1.29 is 19.9 Å². The number of nitro groups is 1. The van der Waals surface area contributed by atoms with Gasteiger partial charge in [0, 0.05) is 24.3 Å². The Labute approximate surface area is 122 Å². The Balaban J connectivity index is 2.37. The monoisotopic (exact) mass is 296 g/mol. The van der Waals surface area contributed by atoms with Crippen LogP contribution in [0.4, 0.5) is 5.69 Å². The highest BCUT2D eigenvalue weighted by molar-refractivity contribution is 5.48. The molecular weight excluding hydrogens is 276 g/mol. The van der Waals surface area contributed by atoms with Gasteiger partial charge in [-0.25, -0.2) is 0 Å². The van der Waals surface area contributed by atoms with Gasteiger partial charge in [-0.15, -0.1) is 0 Å². The summed E-state index contributed by atoms with van der Waals surface area (Å²) in [5, 5.41) is 33.4. The second-order valence-corrected chi connectivity index (χ2v) is 5.64. The lowest BCUT2D eigenvalue weighted by molar-refractivity contribution is -0.385. The first-order valence-electron chi connectivity index (χ1n) is 6.86. The minimum atomic E-state index is -0.856. The van der Waals surface area contributed by atoms with E-state index in [0.29, 0.717) is 24.3 Å². The smallest absolute Gasteiger partial charge is 0.270 e. The third-order valence-corrected chi connectivity index (χ3v) is 3.64. The molecule has 0 aromatic heterocycles. The fourth-order valence-electron chi connectivity index (χ4n) is 2.46. The van der Waals surface area contributed by atoms with E-state index in [1.807, 2.05) is 0 Å². The van der Waals surface area contributed by atoms with Gasteiger partial charge in [0.1, 0.15) is 17.5 Å². The highest BCUT2D eigenvalue weighted by Gasteiger charge is 2.43. The average Bonchev–Trinajstić information content (AvgIpc) is 2.42. The molecule has 116 valence electrons. The van der Waals surface area contributed by atoms with E-state index in [4.69, 9.17) is 9.84 Å². The Hall–Kier alpha value is -1.70. The second kappa shape index (κ2) is 5.97. The topological polar surface area (TPSA) is 105 Å². The highest BCUT2D eigenvalue weighted by Crippen LogP contribution is 2.41. The number of ether oxygens (including phenoxy) is 1. The van der Waals surface area contributed by atoms with E-state index in [9.17, 15) is 15.2 Å². The maximum atomic E-state index is 10.9. The standard InChI is InChI=1S/C14H20N2O5/c1-14(2)13(18)12(15-6-3-7-17)10-8-9(16(19)20)4-5-11(10)21-14/h4-5,8,12-13,15,17-18H,3,6-7H2,1-2H3/t12-,13+/m1/s1. The second-order valence-electron chi connectivity index (χ2n) is 5.64. The number of aliphatic hydroxyl groups is 2. The van der Waals surface area contributed by atoms with Crippen LogP contribution in [0.1, 0.15) is 31.9 Å². The molecule has 3 N–H and O–H groups in total. The van der Waals surface area contributed by atoms with Crippen LogP contribution in [0.3, 0.4) is 0 Å². The molecule has 0 aliphatic carbocycles. The average molecular weight is 296 g/mol. The van der Waals surface area contributed by atoms with Crippen molar-refractivity contribution in [2.75, 3.05) is 13.2 Å². The lowest BCUT2D eigenvalue weighted by Crippen LogP contribution is -2.52. The quantitative estimate of drug-likeness (QED) is 0.427. The van der Waals surface area contributed by atoms with Crippen molar-refractivity contribution in [3.63, 3.8) is 0 Å².